The smallest absolute Gasteiger partial charge is 1.00 e. The third-order valence-electron chi connectivity index (χ3n) is 4.93. The fourth-order valence-electron chi connectivity index (χ4n) is 3.30. The van der Waals surface area contributed by atoms with E-state index in [9.17, 15) is 0 Å². The van der Waals surface area contributed by atoms with Gasteiger partial charge >= 0.3 is 141 Å². The average Bonchev–Trinajstić information content (AvgIpc) is 3.59. The molecule has 0 amide bonds. The maximum absolute atomic E-state index is 4.94. The second-order valence-electron chi connectivity index (χ2n) is 7.71. The van der Waals surface area contributed by atoms with E-state index in [4.69, 9.17) is 9.47 Å². The molecule has 0 N–H and O–H groups in total. The van der Waals surface area contributed by atoms with Crippen LogP contribution in [0.2, 0.25) is 0 Å². The van der Waals surface area contributed by atoms with Crippen molar-refractivity contribution in [1.82, 2.24) is 0 Å². The molecule has 4 nitrogen and oxygen atoms in total. The van der Waals surface area contributed by atoms with E-state index in [1.807, 2.05) is 0 Å². The van der Waals surface area contributed by atoms with E-state index in [-0.39, 0.29) is 34.0 Å². The third kappa shape index (κ3) is 14.7. The Balaban J connectivity index is 0.000000701. The van der Waals surface area contributed by atoms with Crippen molar-refractivity contribution in [2.45, 2.75) is 52.4 Å². The second-order valence-corrected chi connectivity index (χ2v) is 12.3. The van der Waals surface area contributed by atoms with Crippen LogP contribution in [0.5, 0.6) is 0 Å². The van der Waals surface area contributed by atoms with Gasteiger partial charge < -0.3 is 43.4 Å². The Morgan fingerprint density at radius 3 is 1.18 bits per heavy atom. The molecule has 184 valence electrons. The molecule has 2 aliphatic rings. The number of halogens is 2. The van der Waals surface area contributed by atoms with Gasteiger partial charge in [0.1, 0.15) is 0 Å². The minimum absolute atomic E-state index is 0. The minimum Gasteiger partial charge on any atom is -1.00 e. The molecule has 0 unspecified atom stereocenters. The molecule has 33 heavy (non-hydrogen) atoms. The Bertz CT molecular complexity index is 587. The van der Waals surface area contributed by atoms with Crippen molar-refractivity contribution in [2.75, 3.05) is 45.3 Å². The standard InChI is InChI=1S/2C9H12N.2C4H8O.2BrH.Hf/c2*1-2-8-10-9-6-4-3-5-7-9;2*1-2-4-5-3-1;;;/h2*3-7H,2,8H2,1H3;2*1-4H2;2*1H;/q2*-1;;;;;+4/p-2. The van der Waals surface area contributed by atoms with E-state index in [1.165, 1.54) is 63.0 Å². The normalized spacial score (nSPS) is 13.6. The van der Waals surface area contributed by atoms with Crippen molar-refractivity contribution < 1.29 is 66.9 Å². The van der Waals surface area contributed by atoms with Crippen molar-refractivity contribution in [3.63, 3.8) is 0 Å². The number of para-hydroxylation sites is 2. The van der Waals surface area contributed by atoms with Gasteiger partial charge in [-0.15, -0.1) is 0 Å². The molecule has 0 aliphatic carbocycles. The van der Waals surface area contributed by atoms with Gasteiger partial charge in [0, 0.05) is 26.4 Å². The van der Waals surface area contributed by atoms with Crippen molar-refractivity contribution in [3.8, 4) is 0 Å². The second kappa shape index (κ2) is 22.3. The molecule has 7 heteroatoms. The van der Waals surface area contributed by atoms with Gasteiger partial charge in [-0.1, -0.05) is 0 Å². The molecule has 0 aromatic heterocycles. The van der Waals surface area contributed by atoms with Crippen LogP contribution in [0.1, 0.15) is 52.4 Å². The van der Waals surface area contributed by atoms with Gasteiger partial charge in [-0.2, -0.15) is 0 Å². The van der Waals surface area contributed by atoms with Gasteiger partial charge in [0.2, 0.25) is 0 Å². The summed E-state index contributed by atoms with van der Waals surface area (Å²) in [6, 6.07) is 21.8. The fourth-order valence-corrected chi connectivity index (χ4v) is 8.58. The van der Waals surface area contributed by atoms with Gasteiger partial charge in [0.15, 0.2) is 0 Å². The number of benzene rings is 2. The number of ether oxygens (including phenoxy) is 2. The Labute approximate surface area is 235 Å². The maximum atomic E-state index is 4.94. The van der Waals surface area contributed by atoms with E-state index in [0.29, 0.717) is 0 Å². The van der Waals surface area contributed by atoms with Crippen LogP contribution in [-0.4, -0.2) is 39.5 Å². The van der Waals surface area contributed by atoms with Crippen LogP contribution >= 0.6 is 0 Å². The quantitative estimate of drug-likeness (QED) is 0.364. The third-order valence-corrected chi connectivity index (χ3v) is 10.1. The number of hydrogen-bond donors (Lipinski definition) is 0. The first-order valence-electron chi connectivity index (χ1n) is 11.9. The molecular formula is C26H40Br2HfN2O2. The zero-order chi connectivity index (χ0) is 22.0. The molecule has 2 aliphatic heterocycles. The fraction of sp³-hybridized carbons (Fsp3) is 0.538. The van der Waals surface area contributed by atoms with E-state index < -0.39 is 23.5 Å². The summed E-state index contributed by atoms with van der Waals surface area (Å²) in [6.07, 6.45) is 7.52. The summed E-state index contributed by atoms with van der Waals surface area (Å²) < 4.78 is 15.2. The maximum Gasteiger partial charge on any atom is -1.00 e. The molecule has 2 saturated heterocycles. The van der Waals surface area contributed by atoms with Crippen LogP contribution in [0.15, 0.2) is 60.7 Å². The predicted molar refractivity (Wildman–Crippen MR) is 128 cm³/mol. The van der Waals surface area contributed by atoms with Crippen LogP contribution in [0.25, 0.3) is 0 Å². The summed E-state index contributed by atoms with van der Waals surface area (Å²) in [4.78, 5) is 0. The molecule has 4 rings (SSSR count). The molecule has 0 bridgehead atoms. The number of rotatable bonds is 8. The van der Waals surface area contributed by atoms with Crippen LogP contribution in [0, 0.1) is 0 Å². The molecule has 2 heterocycles. The van der Waals surface area contributed by atoms with Crippen molar-refractivity contribution in [3.05, 3.63) is 60.7 Å². The van der Waals surface area contributed by atoms with Crippen LogP contribution in [0.4, 0.5) is 11.4 Å². The Morgan fingerprint density at radius 2 is 0.939 bits per heavy atom. The Hall–Kier alpha value is -0.210. The zero-order valence-electron chi connectivity index (χ0n) is 20.2. The minimum atomic E-state index is -1.09. The van der Waals surface area contributed by atoms with Crippen LogP contribution in [0.3, 0.4) is 0 Å². The van der Waals surface area contributed by atoms with Gasteiger partial charge in [-0.25, -0.2) is 0 Å². The molecular weight excluding hydrogens is 711 g/mol. The molecule has 0 atom stereocenters. The largest absolute Gasteiger partial charge is 1.00 e. The Kier molecular flexibility index (Phi) is 22.1. The molecule has 2 aromatic carbocycles. The topological polar surface area (TPSA) is 24.9 Å². The zero-order valence-corrected chi connectivity index (χ0v) is 27.0. The summed E-state index contributed by atoms with van der Waals surface area (Å²) in [5.74, 6) is 0. The van der Waals surface area contributed by atoms with Crippen molar-refractivity contribution in [1.29, 1.82) is 0 Å². The van der Waals surface area contributed by atoms with Gasteiger partial charge in [-0.05, 0) is 25.7 Å². The molecule has 2 fully saturated rings. The van der Waals surface area contributed by atoms with Gasteiger partial charge in [0.25, 0.3) is 0 Å². The van der Waals surface area contributed by atoms with E-state index in [0.717, 1.165) is 26.4 Å². The van der Waals surface area contributed by atoms with Crippen molar-refractivity contribution in [2.24, 2.45) is 0 Å². The first-order chi connectivity index (χ1) is 15.3. The summed E-state index contributed by atoms with van der Waals surface area (Å²) in [5, 5.41) is 0. The SMILES string of the molecule is C1CCOC1.C1CCOC1.CCC[N]([Hf+2][N](CCC)c1ccccc1)c1ccccc1.[Br-].[Br-]. The Morgan fingerprint density at radius 1 is 0.606 bits per heavy atom. The number of nitrogens with zero attached hydrogens (tertiary/aromatic N) is 2. The van der Waals surface area contributed by atoms with Crippen LogP contribution < -0.4 is 39.7 Å². The number of anilines is 2. The average molecular weight is 751 g/mol. The molecule has 0 saturated carbocycles. The van der Waals surface area contributed by atoms with Gasteiger partial charge in [0.05, 0.1) is 0 Å². The molecule has 2 aromatic rings. The first kappa shape index (κ1) is 32.8. The van der Waals surface area contributed by atoms with Crippen molar-refractivity contribution >= 4 is 11.4 Å². The van der Waals surface area contributed by atoms with Gasteiger partial charge in [-0.3, -0.25) is 0 Å². The summed E-state index contributed by atoms with van der Waals surface area (Å²) >= 11 is -1.09. The van der Waals surface area contributed by atoms with Crippen LogP contribution in [-0.2, 0) is 33.0 Å². The van der Waals surface area contributed by atoms with E-state index in [1.54, 1.807) is 0 Å². The first-order valence-corrected chi connectivity index (χ1v) is 15.1. The number of hydrogen-bond acceptors (Lipinski definition) is 4. The predicted octanol–water partition coefficient (Wildman–Crippen LogP) is 0.334. The monoisotopic (exact) mass is 750 g/mol. The molecule has 0 radical (unpaired) electrons. The summed E-state index contributed by atoms with van der Waals surface area (Å²) in [6.45, 7) is 10.9. The summed E-state index contributed by atoms with van der Waals surface area (Å²) in [7, 11) is 0. The summed E-state index contributed by atoms with van der Waals surface area (Å²) in [5.41, 5.74) is 2.78. The van der Waals surface area contributed by atoms with E-state index in [2.05, 4.69) is 80.3 Å². The molecule has 0 spiro atoms. The van der Waals surface area contributed by atoms with E-state index >= 15 is 0 Å².